The number of amides is 1. The highest BCUT2D eigenvalue weighted by Gasteiger charge is 2.03. The zero-order valence-electron chi connectivity index (χ0n) is 9.10. The average molecular weight is 241 g/mol. The minimum absolute atomic E-state index is 0.129. The fraction of sp³-hybridized carbons (Fsp3) is 0.364. The third-order valence-corrected chi connectivity index (χ3v) is 2.77. The number of benzene rings is 1. The molecule has 1 aromatic rings. The van der Waals surface area contributed by atoms with E-state index in [1.807, 2.05) is 0 Å². The molecule has 0 aromatic heterocycles. The summed E-state index contributed by atoms with van der Waals surface area (Å²) in [6.07, 6.45) is 1.83. The maximum Gasteiger partial charge on any atom is 0.224 e. The van der Waals surface area contributed by atoms with E-state index in [1.54, 1.807) is 30.5 Å². The van der Waals surface area contributed by atoms with Crippen molar-refractivity contribution >= 4 is 16.7 Å². The number of phenolic OH excluding ortho intramolecular Hbond substituents is 1. The molecule has 1 amide bonds. The van der Waals surface area contributed by atoms with Crippen molar-refractivity contribution in [2.75, 3.05) is 18.6 Å². The highest BCUT2D eigenvalue weighted by Crippen LogP contribution is 2.10. The average Bonchev–Trinajstić information content (AvgIpc) is 2.16. The Hall–Kier alpha value is -1.36. The number of nitrogens with one attached hydrogen (secondary N) is 1. The van der Waals surface area contributed by atoms with E-state index < -0.39 is 10.8 Å². The van der Waals surface area contributed by atoms with Crippen LogP contribution in [-0.2, 0) is 22.0 Å². The van der Waals surface area contributed by atoms with Crippen LogP contribution in [0.15, 0.2) is 24.3 Å². The van der Waals surface area contributed by atoms with Gasteiger partial charge in [0.1, 0.15) is 5.75 Å². The first-order chi connectivity index (χ1) is 7.58. The number of hydrogen-bond acceptors (Lipinski definition) is 3. The summed E-state index contributed by atoms with van der Waals surface area (Å²) >= 11 is 0. The number of carbonyl (C=O) groups excluding carboxylic acids is 1. The molecule has 16 heavy (non-hydrogen) atoms. The van der Waals surface area contributed by atoms with Gasteiger partial charge in [-0.3, -0.25) is 9.00 Å². The lowest BCUT2D eigenvalue weighted by molar-refractivity contribution is -0.120. The third-order valence-electron chi connectivity index (χ3n) is 1.99. The van der Waals surface area contributed by atoms with Crippen molar-refractivity contribution in [2.45, 2.75) is 6.42 Å². The van der Waals surface area contributed by atoms with Crippen LogP contribution in [0.1, 0.15) is 5.56 Å². The van der Waals surface area contributed by atoms with Gasteiger partial charge in [0.05, 0.1) is 6.42 Å². The SMILES string of the molecule is CS(=O)CCNC(=O)Cc1cccc(O)c1. The lowest BCUT2D eigenvalue weighted by atomic mass is 10.1. The van der Waals surface area contributed by atoms with Gasteiger partial charge in [-0.2, -0.15) is 0 Å². The molecule has 5 heteroatoms. The van der Waals surface area contributed by atoms with Gasteiger partial charge in [-0.1, -0.05) is 12.1 Å². The first-order valence-electron chi connectivity index (χ1n) is 4.92. The highest BCUT2D eigenvalue weighted by molar-refractivity contribution is 7.84. The Morgan fingerprint density at radius 2 is 2.25 bits per heavy atom. The topological polar surface area (TPSA) is 66.4 Å². The molecule has 0 saturated heterocycles. The van der Waals surface area contributed by atoms with Crippen molar-refractivity contribution in [2.24, 2.45) is 0 Å². The molecule has 0 heterocycles. The summed E-state index contributed by atoms with van der Waals surface area (Å²) in [6, 6.07) is 6.58. The minimum Gasteiger partial charge on any atom is -0.508 e. The second-order valence-electron chi connectivity index (χ2n) is 3.47. The molecule has 0 saturated carbocycles. The van der Waals surface area contributed by atoms with Gasteiger partial charge in [-0.15, -0.1) is 0 Å². The van der Waals surface area contributed by atoms with Gasteiger partial charge in [-0.05, 0) is 17.7 Å². The van der Waals surface area contributed by atoms with Crippen molar-refractivity contribution < 1.29 is 14.1 Å². The fourth-order valence-electron chi connectivity index (χ4n) is 1.25. The largest absolute Gasteiger partial charge is 0.508 e. The Bertz CT molecular complexity index is 393. The molecule has 2 N–H and O–H groups in total. The number of carbonyl (C=O) groups is 1. The Morgan fingerprint density at radius 1 is 1.50 bits per heavy atom. The molecular weight excluding hydrogens is 226 g/mol. The summed E-state index contributed by atoms with van der Waals surface area (Å²) in [5.41, 5.74) is 0.759. The number of phenols is 1. The molecule has 0 aliphatic heterocycles. The lowest BCUT2D eigenvalue weighted by Gasteiger charge is -2.04. The van der Waals surface area contributed by atoms with Crippen LogP contribution in [0.5, 0.6) is 5.75 Å². The van der Waals surface area contributed by atoms with Crippen molar-refractivity contribution in [1.29, 1.82) is 0 Å². The predicted molar refractivity (Wildman–Crippen MR) is 63.8 cm³/mol. The summed E-state index contributed by atoms with van der Waals surface area (Å²) in [7, 11) is -0.887. The molecule has 0 aliphatic rings. The predicted octanol–water partition coefficient (Wildman–Crippen LogP) is 0.429. The Labute approximate surface area is 97.1 Å². The number of hydrogen-bond donors (Lipinski definition) is 2. The first kappa shape index (κ1) is 12.7. The molecule has 1 unspecified atom stereocenters. The van der Waals surface area contributed by atoms with Crippen LogP contribution in [0.3, 0.4) is 0 Å². The Morgan fingerprint density at radius 3 is 2.88 bits per heavy atom. The van der Waals surface area contributed by atoms with E-state index in [4.69, 9.17) is 0 Å². The fourth-order valence-corrected chi connectivity index (χ4v) is 1.64. The van der Waals surface area contributed by atoms with Gasteiger partial charge >= 0.3 is 0 Å². The van der Waals surface area contributed by atoms with Gasteiger partial charge in [0.25, 0.3) is 0 Å². The van der Waals surface area contributed by atoms with Crippen molar-refractivity contribution in [3.63, 3.8) is 0 Å². The van der Waals surface area contributed by atoms with Crippen LogP contribution in [0, 0.1) is 0 Å². The lowest BCUT2D eigenvalue weighted by Crippen LogP contribution is -2.28. The molecule has 0 spiro atoms. The molecule has 0 bridgehead atoms. The van der Waals surface area contributed by atoms with Crippen molar-refractivity contribution in [3.05, 3.63) is 29.8 Å². The molecule has 1 aromatic carbocycles. The van der Waals surface area contributed by atoms with Crippen LogP contribution in [0.25, 0.3) is 0 Å². The van der Waals surface area contributed by atoms with E-state index in [9.17, 15) is 14.1 Å². The van der Waals surface area contributed by atoms with E-state index in [2.05, 4.69) is 5.32 Å². The van der Waals surface area contributed by atoms with Crippen LogP contribution in [0.2, 0.25) is 0 Å². The monoisotopic (exact) mass is 241 g/mol. The molecule has 1 atom stereocenters. The van der Waals surface area contributed by atoms with E-state index in [0.29, 0.717) is 12.3 Å². The van der Waals surface area contributed by atoms with E-state index in [-0.39, 0.29) is 18.1 Å². The molecule has 88 valence electrons. The zero-order valence-corrected chi connectivity index (χ0v) is 9.92. The maximum absolute atomic E-state index is 11.4. The quantitative estimate of drug-likeness (QED) is 0.785. The number of aromatic hydroxyl groups is 1. The normalized spacial score (nSPS) is 12.1. The van der Waals surface area contributed by atoms with Gasteiger partial charge < -0.3 is 10.4 Å². The molecule has 4 nitrogen and oxygen atoms in total. The van der Waals surface area contributed by atoms with Crippen LogP contribution >= 0.6 is 0 Å². The van der Waals surface area contributed by atoms with Crippen molar-refractivity contribution in [1.82, 2.24) is 5.32 Å². The molecular formula is C11H15NO3S. The van der Waals surface area contributed by atoms with Crippen molar-refractivity contribution in [3.8, 4) is 5.75 Å². The van der Waals surface area contributed by atoms with Crippen LogP contribution in [-0.4, -0.2) is 33.8 Å². The molecule has 0 radical (unpaired) electrons. The number of rotatable bonds is 5. The smallest absolute Gasteiger partial charge is 0.224 e. The van der Waals surface area contributed by atoms with E-state index >= 15 is 0 Å². The van der Waals surface area contributed by atoms with Gasteiger partial charge in [-0.25, -0.2) is 0 Å². The van der Waals surface area contributed by atoms with E-state index in [1.165, 1.54) is 0 Å². The van der Waals surface area contributed by atoms with Gasteiger partial charge in [0.2, 0.25) is 5.91 Å². The highest BCUT2D eigenvalue weighted by atomic mass is 32.2. The summed E-state index contributed by atoms with van der Waals surface area (Å²) in [4.78, 5) is 11.4. The summed E-state index contributed by atoms with van der Waals surface area (Å²) < 4.78 is 10.8. The first-order valence-corrected chi connectivity index (χ1v) is 6.65. The summed E-state index contributed by atoms with van der Waals surface area (Å²) in [5.74, 6) is 0.488. The van der Waals surface area contributed by atoms with Gasteiger partial charge in [0.15, 0.2) is 0 Å². The van der Waals surface area contributed by atoms with Gasteiger partial charge in [0, 0.05) is 29.4 Å². The molecule has 1 rings (SSSR count). The second kappa shape index (κ2) is 6.27. The zero-order chi connectivity index (χ0) is 12.0. The van der Waals surface area contributed by atoms with E-state index in [0.717, 1.165) is 5.56 Å². The van der Waals surface area contributed by atoms with Crippen LogP contribution in [0.4, 0.5) is 0 Å². The molecule has 0 aliphatic carbocycles. The summed E-state index contributed by atoms with van der Waals surface area (Å²) in [5, 5.41) is 11.9. The standard InChI is InChI=1S/C11H15NO3S/c1-16(15)6-5-12-11(14)8-9-3-2-4-10(13)7-9/h2-4,7,13H,5-6,8H2,1H3,(H,12,14). The summed E-state index contributed by atoms with van der Waals surface area (Å²) in [6.45, 7) is 0.417. The Balaban J connectivity index is 2.37. The van der Waals surface area contributed by atoms with Crippen LogP contribution < -0.4 is 5.32 Å². The molecule has 0 fully saturated rings. The minimum atomic E-state index is -0.887. The maximum atomic E-state index is 11.4. The third kappa shape index (κ3) is 4.93. The second-order valence-corrected chi connectivity index (χ2v) is 5.03. The Kier molecular flexibility index (Phi) is 4.98.